The number of nitrogens with one attached hydrogen (secondary N) is 1. The van der Waals surface area contributed by atoms with Crippen molar-refractivity contribution in [2.24, 2.45) is 5.92 Å². The number of carboxylic acid groups (broad SMARTS) is 1. The molecule has 7 nitrogen and oxygen atoms in total. The van der Waals surface area contributed by atoms with E-state index in [1.54, 1.807) is 0 Å². The zero-order valence-corrected chi connectivity index (χ0v) is 20.3. The molecule has 0 bridgehead atoms. The number of benzene rings is 2. The lowest BCUT2D eigenvalue weighted by molar-refractivity contribution is -0.148. The van der Waals surface area contributed by atoms with Crippen molar-refractivity contribution in [1.29, 1.82) is 0 Å². The first kappa shape index (κ1) is 23.7. The van der Waals surface area contributed by atoms with Crippen LogP contribution in [0, 0.1) is 5.92 Å². The van der Waals surface area contributed by atoms with E-state index in [9.17, 15) is 19.5 Å². The van der Waals surface area contributed by atoms with Crippen LogP contribution in [0.25, 0.3) is 11.1 Å². The summed E-state index contributed by atoms with van der Waals surface area (Å²) in [6.45, 7) is 0.217. The van der Waals surface area contributed by atoms with E-state index in [4.69, 9.17) is 4.74 Å². The van der Waals surface area contributed by atoms with Gasteiger partial charge in [0.15, 0.2) is 0 Å². The van der Waals surface area contributed by atoms with Crippen LogP contribution < -0.4 is 5.32 Å². The highest BCUT2D eigenvalue weighted by Gasteiger charge is 2.37. The van der Waals surface area contributed by atoms with Gasteiger partial charge in [0.25, 0.3) is 0 Å². The molecule has 1 saturated carbocycles. The van der Waals surface area contributed by atoms with Gasteiger partial charge in [-0.1, -0.05) is 61.4 Å². The molecule has 184 valence electrons. The normalized spacial score (nSPS) is 20.3. The molecular weight excluding hydrogens is 464 g/mol. The summed E-state index contributed by atoms with van der Waals surface area (Å²) >= 11 is 1.44. The molecular formula is C27H30N2O5S. The number of rotatable bonds is 7. The Kier molecular flexibility index (Phi) is 7.00. The van der Waals surface area contributed by atoms with Crippen LogP contribution in [0.3, 0.4) is 0 Å². The molecule has 2 unspecified atom stereocenters. The maximum Gasteiger partial charge on any atom is 0.407 e. The van der Waals surface area contributed by atoms with Gasteiger partial charge in [-0.05, 0) is 41.0 Å². The number of carbonyl (C=O) groups excluding carboxylic acids is 2. The number of amides is 2. The van der Waals surface area contributed by atoms with Crippen LogP contribution in [-0.2, 0) is 14.3 Å². The van der Waals surface area contributed by atoms with Crippen molar-refractivity contribution in [3.63, 3.8) is 0 Å². The lowest BCUT2D eigenvalue weighted by Gasteiger charge is -2.28. The highest BCUT2D eigenvalue weighted by Crippen LogP contribution is 2.44. The number of carboxylic acids is 1. The second kappa shape index (κ2) is 10.3. The predicted octanol–water partition coefficient (Wildman–Crippen LogP) is 4.46. The standard InChI is InChI=1S/C27H30N2O5S/c30-25(29-16-35-15-24(29)26(31)32)13-23(17-7-1-2-8-17)28-27(33)34-14-22-20-11-5-3-9-18(20)19-10-4-6-12-21(19)22/h3-6,9-12,17,22-24H,1-2,7-8,13-16H2,(H,28,33)(H,31,32). The van der Waals surface area contributed by atoms with E-state index in [1.807, 2.05) is 24.3 Å². The number of carbonyl (C=O) groups is 3. The molecule has 0 aromatic heterocycles. The van der Waals surface area contributed by atoms with Crippen LogP contribution in [-0.4, -0.2) is 58.3 Å². The zero-order chi connectivity index (χ0) is 24.4. The number of hydrogen-bond donors (Lipinski definition) is 2. The van der Waals surface area contributed by atoms with Gasteiger partial charge in [0.2, 0.25) is 5.91 Å². The third-order valence-electron chi connectivity index (χ3n) is 7.50. The lowest BCUT2D eigenvalue weighted by Crippen LogP contribution is -2.47. The van der Waals surface area contributed by atoms with Crippen molar-refractivity contribution in [3.8, 4) is 11.1 Å². The van der Waals surface area contributed by atoms with Crippen molar-refractivity contribution < 1.29 is 24.2 Å². The van der Waals surface area contributed by atoms with Gasteiger partial charge < -0.3 is 20.1 Å². The summed E-state index contributed by atoms with van der Waals surface area (Å²) in [6, 6.07) is 15.2. The molecule has 8 heteroatoms. The predicted molar refractivity (Wildman–Crippen MR) is 134 cm³/mol. The van der Waals surface area contributed by atoms with Gasteiger partial charge in [-0.2, -0.15) is 0 Å². The molecule has 2 aliphatic carbocycles. The molecule has 3 aliphatic rings. The summed E-state index contributed by atoms with van der Waals surface area (Å²) in [4.78, 5) is 38.9. The SMILES string of the molecule is O=C(NC(CC(=O)N1CSCC1C(=O)O)C1CCCC1)OCC1c2ccccc2-c2ccccc21. The fraction of sp³-hybridized carbons (Fsp3) is 0.444. The molecule has 2 aromatic carbocycles. The monoisotopic (exact) mass is 494 g/mol. The lowest BCUT2D eigenvalue weighted by atomic mass is 9.94. The van der Waals surface area contributed by atoms with Crippen LogP contribution >= 0.6 is 11.8 Å². The minimum absolute atomic E-state index is 0.0299. The third kappa shape index (κ3) is 4.89. The van der Waals surface area contributed by atoms with Gasteiger partial charge in [-0.15, -0.1) is 11.8 Å². The Labute approximate surface area is 209 Å². The van der Waals surface area contributed by atoms with Crippen molar-refractivity contribution in [2.45, 2.75) is 50.1 Å². The summed E-state index contributed by atoms with van der Waals surface area (Å²) in [5.74, 6) is -0.272. The van der Waals surface area contributed by atoms with Gasteiger partial charge in [-0.3, -0.25) is 4.79 Å². The van der Waals surface area contributed by atoms with Crippen molar-refractivity contribution in [2.75, 3.05) is 18.2 Å². The molecule has 2 N–H and O–H groups in total. The van der Waals surface area contributed by atoms with Gasteiger partial charge in [-0.25, -0.2) is 9.59 Å². The van der Waals surface area contributed by atoms with Crippen LogP contribution in [0.15, 0.2) is 48.5 Å². The van der Waals surface area contributed by atoms with Gasteiger partial charge >= 0.3 is 12.1 Å². The Balaban J connectivity index is 1.25. The third-order valence-corrected chi connectivity index (χ3v) is 8.51. The first-order valence-corrected chi connectivity index (χ1v) is 13.4. The summed E-state index contributed by atoms with van der Waals surface area (Å²) < 4.78 is 5.72. The highest BCUT2D eigenvalue weighted by molar-refractivity contribution is 7.99. The molecule has 2 aromatic rings. The number of alkyl carbamates (subject to hydrolysis) is 1. The van der Waals surface area contributed by atoms with E-state index in [-0.39, 0.29) is 36.8 Å². The molecule has 2 atom stereocenters. The number of aliphatic carboxylic acids is 1. The molecule has 1 saturated heterocycles. The molecule has 1 aliphatic heterocycles. The number of thioether (sulfide) groups is 1. The van der Waals surface area contributed by atoms with Crippen molar-refractivity contribution in [3.05, 3.63) is 59.7 Å². The van der Waals surface area contributed by atoms with E-state index >= 15 is 0 Å². The van der Waals surface area contributed by atoms with Crippen LogP contribution in [0.1, 0.15) is 49.1 Å². The molecule has 0 spiro atoms. The first-order chi connectivity index (χ1) is 17.0. The quantitative estimate of drug-likeness (QED) is 0.590. The number of fused-ring (bicyclic) bond motifs is 3. The average Bonchev–Trinajstić information content (AvgIpc) is 3.62. The second-order valence-electron chi connectivity index (χ2n) is 9.54. The number of ether oxygens (including phenoxy) is 1. The minimum Gasteiger partial charge on any atom is -0.480 e. The van der Waals surface area contributed by atoms with E-state index in [0.717, 1.165) is 36.8 Å². The average molecular weight is 495 g/mol. The number of hydrogen-bond acceptors (Lipinski definition) is 5. The summed E-state index contributed by atoms with van der Waals surface area (Å²) in [5.41, 5.74) is 4.64. The van der Waals surface area contributed by atoms with Crippen LogP contribution in [0.2, 0.25) is 0 Å². The first-order valence-electron chi connectivity index (χ1n) is 12.2. The van der Waals surface area contributed by atoms with Gasteiger partial charge in [0.1, 0.15) is 12.6 Å². The number of nitrogens with zero attached hydrogens (tertiary/aromatic N) is 1. The highest BCUT2D eigenvalue weighted by atomic mass is 32.2. The van der Waals surface area contributed by atoms with E-state index < -0.39 is 18.1 Å². The maximum absolute atomic E-state index is 13.0. The zero-order valence-electron chi connectivity index (χ0n) is 19.5. The minimum atomic E-state index is -0.981. The van der Waals surface area contributed by atoms with Gasteiger partial charge in [0, 0.05) is 24.1 Å². The van der Waals surface area contributed by atoms with E-state index in [0.29, 0.717) is 11.6 Å². The molecule has 1 heterocycles. The summed E-state index contributed by atoms with van der Waals surface area (Å²) in [5, 5.41) is 12.4. The van der Waals surface area contributed by atoms with Crippen LogP contribution in [0.4, 0.5) is 4.79 Å². The summed E-state index contributed by atoms with van der Waals surface area (Å²) in [7, 11) is 0. The van der Waals surface area contributed by atoms with Crippen molar-refractivity contribution >= 4 is 29.7 Å². The Hall–Kier alpha value is -3.00. The Morgan fingerprint density at radius 3 is 2.29 bits per heavy atom. The van der Waals surface area contributed by atoms with Crippen molar-refractivity contribution in [1.82, 2.24) is 10.2 Å². The van der Waals surface area contributed by atoms with Crippen LogP contribution in [0.5, 0.6) is 0 Å². The molecule has 2 fully saturated rings. The molecule has 35 heavy (non-hydrogen) atoms. The fourth-order valence-electron chi connectivity index (χ4n) is 5.69. The second-order valence-corrected chi connectivity index (χ2v) is 10.5. The fourth-order valence-corrected chi connectivity index (χ4v) is 6.86. The molecule has 5 rings (SSSR count). The molecule has 0 radical (unpaired) electrons. The smallest absolute Gasteiger partial charge is 0.407 e. The Bertz CT molecular complexity index is 1070. The Morgan fingerprint density at radius 2 is 1.66 bits per heavy atom. The largest absolute Gasteiger partial charge is 0.480 e. The topological polar surface area (TPSA) is 95.9 Å². The summed E-state index contributed by atoms with van der Waals surface area (Å²) in [6.07, 6.45) is 3.59. The Morgan fingerprint density at radius 1 is 1.03 bits per heavy atom. The maximum atomic E-state index is 13.0. The van der Waals surface area contributed by atoms with E-state index in [2.05, 4.69) is 29.6 Å². The van der Waals surface area contributed by atoms with E-state index in [1.165, 1.54) is 27.8 Å². The van der Waals surface area contributed by atoms with Gasteiger partial charge in [0.05, 0.1) is 5.88 Å². The molecule has 2 amide bonds.